The van der Waals surface area contributed by atoms with E-state index in [4.69, 9.17) is 9.97 Å². The fourth-order valence-corrected chi connectivity index (χ4v) is 12.6. The summed E-state index contributed by atoms with van der Waals surface area (Å²) in [5, 5.41) is 2.34. The Morgan fingerprint density at radius 3 is 0.960 bits per heavy atom. The van der Waals surface area contributed by atoms with Crippen molar-refractivity contribution in [3.05, 3.63) is 70.7 Å². The van der Waals surface area contributed by atoms with Gasteiger partial charge in [0.15, 0.2) is 0 Å². The number of thiophene rings is 4. The summed E-state index contributed by atoms with van der Waals surface area (Å²) in [7, 11) is 0. The second-order valence-electron chi connectivity index (χ2n) is 13.4. The first-order chi connectivity index (χ1) is 24.7. The Morgan fingerprint density at radius 1 is 0.340 bits per heavy atom. The maximum Gasteiger partial charge on any atom is 0.133 e. The van der Waals surface area contributed by atoms with Gasteiger partial charge in [0.05, 0.1) is 9.75 Å². The first kappa shape index (κ1) is 37.8. The van der Waals surface area contributed by atoms with E-state index in [9.17, 15) is 0 Å². The number of thiazole rings is 2. The number of aryl methyl sites for hydroxylation is 2. The topological polar surface area (TPSA) is 25.8 Å². The lowest BCUT2D eigenvalue weighted by molar-refractivity contribution is 0.576. The first-order valence-electron chi connectivity index (χ1n) is 19.0. The molecule has 0 radical (unpaired) electrons. The molecule has 0 aromatic carbocycles. The summed E-state index contributed by atoms with van der Waals surface area (Å²) in [5.41, 5.74) is 0. The van der Waals surface area contributed by atoms with E-state index in [2.05, 4.69) is 74.8 Å². The molecule has 0 saturated carbocycles. The molecule has 0 saturated heterocycles. The van der Waals surface area contributed by atoms with E-state index < -0.39 is 0 Å². The van der Waals surface area contributed by atoms with E-state index in [0.29, 0.717) is 0 Å². The van der Waals surface area contributed by atoms with Crippen LogP contribution in [0.25, 0.3) is 49.0 Å². The molecule has 0 aliphatic rings. The molecule has 6 aromatic heterocycles. The minimum atomic E-state index is 1.17. The number of hydrogen-bond donors (Lipinski definition) is 0. The molecule has 8 heteroatoms. The van der Waals surface area contributed by atoms with Crippen molar-refractivity contribution in [2.75, 3.05) is 0 Å². The van der Waals surface area contributed by atoms with Crippen molar-refractivity contribution < 1.29 is 0 Å². The van der Waals surface area contributed by atoms with Gasteiger partial charge in [-0.15, -0.1) is 68.0 Å². The van der Waals surface area contributed by atoms with Crippen LogP contribution in [0, 0.1) is 0 Å². The van der Waals surface area contributed by atoms with Crippen LogP contribution in [0.1, 0.15) is 126 Å². The zero-order chi connectivity index (χ0) is 34.4. The normalized spacial score (nSPS) is 11.6. The molecular weight excluding hydrogens is 725 g/mol. The lowest BCUT2D eigenvalue weighted by Crippen LogP contribution is -1.83. The maximum atomic E-state index is 4.81. The highest BCUT2D eigenvalue weighted by Crippen LogP contribution is 2.45. The third kappa shape index (κ3) is 11.0. The lowest BCUT2D eigenvalue weighted by Gasteiger charge is -2.00. The van der Waals surface area contributed by atoms with Crippen LogP contribution in [0.15, 0.2) is 60.9 Å². The van der Waals surface area contributed by atoms with Crippen LogP contribution in [0.5, 0.6) is 0 Å². The number of hydrogen-bond acceptors (Lipinski definition) is 8. The molecule has 50 heavy (non-hydrogen) atoms. The highest BCUT2D eigenvalue weighted by Gasteiger charge is 2.15. The summed E-state index contributed by atoms with van der Waals surface area (Å²) in [6.07, 6.45) is 28.4. The van der Waals surface area contributed by atoms with E-state index in [0.717, 1.165) is 0 Å². The summed E-state index contributed by atoms with van der Waals surface area (Å²) < 4.78 is 0. The Labute approximate surface area is 324 Å². The molecule has 0 amide bonds. The van der Waals surface area contributed by atoms with Crippen LogP contribution in [0.2, 0.25) is 0 Å². The summed E-state index contributed by atoms with van der Waals surface area (Å²) in [6.45, 7) is 4.58. The van der Waals surface area contributed by atoms with Crippen molar-refractivity contribution in [3.63, 3.8) is 0 Å². The Hall–Kier alpha value is -1.94. The minimum absolute atomic E-state index is 1.17. The molecule has 0 aliphatic carbocycles. The predicted molar refractivity (Wildman–Crippen MR) is 229 cm³/mol. The van der Waals surface area contributed by atoms with Gasteiger partial charge in [-0.05, 0) is 74.2 Å². The summed E-state index contributed by atoms with van der Waals surface area (Å²) >= 11 is 11.3. The van der Waals surface area contributed by atoms with E-state index in [1.54, 1.807) is 0 Å². The SMILES string of the molecule is CCCCCCCCCCc1cnc(-c2ccc(-c3ccc(-c4ccc(-c5ccc(-c6ncc(CCCCCCCCCC)s6)s5)s4)s3)s2)s1. The summed E-state index contributed by atoms with van der Waals surface area (Å²) in [4.78, 5) is 23.1. The largest absolute Gasteiger partial charge is 0.243 e. The van der Waals surface area contributed by atoms with Gasteiger partial charge < -0.3 is 0 Å². The van der Waals surface area contributed by atoms with Crippen LogP contribution in [-0.2, 0) is 12.8 Å². The Kier molecular flexibility index (Phi) is 15.4. The van der Waals surface area contributed by atoms with Crippen molar-refractivity contribution in [1.29, 1.82) is 0 Å². The van der Waals surface area contributed by atoms with Crippen LogP contribution < -0.4 is 0 Å². The van der Waals surface area contributed by atoms with E-state index in [1.807, 2.05) is 68.0 Å². The van der Waals surface area contributed by atoms with Crippen molar-refractivity contribution in [2.24, 2.45) is 0 Å². The van der Waals surface area contributed by atoms with Gasteiger partial charge in [0.2, 0.25) is 0 Å². The monoisotopic (exact) mass is 776 g/mol. The van der Waals surface area contributed by atoms with Gasteiger partial charge in [-0.25, -0.2) is 9.97 Å². The molecule has 6 heterocycles. The Bertz CT molecular complexity index is 1690. The van der Waals surface area contributed by atoms with Crippen LogP contribution in [-0.4, -0.2) is 9.97 Å². The van der Waals surface area contributed by atoms with Gasteiger partial charge in [-0.1, -0.05) is 104 Å². The molecule has 0 N–H and O–H groups in total. The van der Waals surface area contributed by atoms with E-state index >= 15 is 0 Å². The van der Waals surface area contributed by atoms with Crippen molar-refractivity contribution in [1.82, 2.24) is 9.97 Å². The van der Waals surface area contributed by atoms with Gasteiger partial charge >= 0.3 is 0 Å². The quantitative estimate of drug-likeness (QED) is 0.0606. The highest BCUT2D eigenvalue weighted by molar-refractivity contribution is 7.30. The number of unbranched alkanes of at least 4 members (excludes halogenated alkanes) is 14. The molecular formula is C42H52N2S6. The first-order valence-corrected chi connectivity index (χ1v) is 23.9. The lowest BCUT2D eigenvalue weighted by atomic mass is 10.1. The average Bonchev–Trinajstić information content (AvgIpc) is 3.98. The fourth-order valence-electron chi connectivity index (χ4n) is 6.32. The summed E-state index contributed by atoms with van der Waals surface area (Å²) in [5.74, 6) is 0. The molecule has 0 unspecified atom stereocenters. The highest BCUT2D eigenvalue weighted by atomic mass is 32.1. The van der Waals surface area contributed by atoms with Crippen LogP contribution >= 0.6 is 68.0 Å². The molecule has 0 atom stereocenters. The van der Waals surface area contributed by atoms with E-state index in [-0.39, 0.29) is 0 Å². The number of aromatic nitrogens is 2. The maximum absolute atomic E-state index is 4.81. The number of rotatable bonds is 23. The standard InChI is InChI=1S/C42H52N2S6/c1-3-5-7-9-11-13-15-17-19-31-29-43-41(45-31)39-27-25-37(49-39)35-23-21-33(47-35)34-22-24-36(48-34)38-26-28-40(50-38)42-44-30-32(46-42)20-18-16-14-12-10-8-6-4-2/h21-30H,3-20H2,1-2H3. The van der Waals surface area contributed by atoms with Crippen molar-refractivity contribution in [2.45, 2.75) is 129 Å². The smallest absolute Gasteiger partial charge is 0.133 e. The predicted octanol–water partition coefficient (Wildman–Crippen LogP) is 16.5. The molecule has 2 nitrogen and oxygen atoms in total. The molecule has 0 aliphatic heterocycles. The fraction of sp³-hybridized carbons (Fsp3) is 0.476. The molecule has 6 aromatic rings. The molecule has 0 spiro atoms. The number of nitrogens with zero attached hydrogens (tertiary/aromatic N) is 2. The minimum Gasteiger partial charge on any atom is -0.243 e. The van der Waals surface area contributed by atoms with Gasteiger partial charge in [-0.2, -0.15) is 0 Å². The van der Waals surface area contributed by atoms with Crippen LogP contribution in [0.3, 0.4) is 0 Å². The van der Waals surface area contributed by atoms with Crippen molar-refractivity contribution in [3.8, 4) is 49.0 Å². The summed E-state index contributed by atoms with van der Waals surface area (Å²) in [6, 6.07) is 18.3. The van der Waals surface area contributed by atoms with E-state index in [1.165, 1.54) is 174 Å². The van der Waals surface area contributed by atoms with Gasteiger partial charge in [0.1, 0.15) is 10.0 Å². The second kappa shape index (κ2) is 20.3. The van der Waals surface area contributed by atoms with Gasteiger partial charge in [0, 0.05) is 51.4 Å². The third-order valence-electron chi connectivity index (χ3n) is 9.23. The van der Waals surface area contributed by atoms with Gasteiger partial charge in [0.25, 0.3) is 0 Å². The van der Waals surface area contributed by atoms with Gasteiger partial charge in [-0.3, -0.25) is 0 Å². The zero-order valence-corrected chi connectivity index (χ0v) is 34.7. The Balaban J connectivity index is 0.978. The molecule has 0 fully saturated rings. The second-order valence-corrected chi connectivity index (χ2v) is 19.9. The molecule has 266 valence electrons. The van der Waals surface area contributed by atoms with Crippen LogP contribution in [0.4, 0.5) is 0 Å². The average molecular weight is 777 g/mol. The molecule has 6 rings (SSSR count). The molecule has 0 bridgehead atoms. The third-order valence-corrected chi connectivity index (χ3v) is 16.6. The Morgan fingerprint density at radius 2 is 0.620 bits per heavy atom. The zero-order valence-electron chi connectivity index (χ0n) is 29.8. The van der Waals surface area contributed by atoms with Crippen molar-refractivity contribution >= 4 is 68.0 Å².